The van der Waals surface area contributed by atoms with E-state index in [1.54, 1.807) is 0 Å². The molecule has 5 heteroatoms. The second kappa shape index (κ2) is 7.54. The van der Waals surface area contributed by atoms with Crippen molar-refractivity contribution in [3.05, 3.63) is 34.9 Å². The van der Waals surface area contributed by atoms with Crippen LogP contribution in [0.1, 0.15) is 29.5 Å². The van der Waals surface area contributed by atoms with Crippen molar-refractivity contribution in [1.29, 1.82) is 0 Å². The van der Waals surface area contributed by atoms with Gasteiger partial charge in [0.25, 0.3) is 10.1 Å². The fraction of sp³-hybridized carbons (Fsp3) is 0.500. The number of hydrogen-bond acceptors (Lipinski definition) is 2. The van der Waals surface area contributed by atoms with Crippen LogP contribution in [0.5, 0.6) is 0 Å². The molecule has 0 aliphatic carbocycles. The van der Waals surface area contributed by atoms with Crippen LogP contribution < -0.4 is 0 Å². The van der Waals surface area contributed by atoms with Gasteiger partial charge in [-0.05, 0) is 44.2 Å². The predicted molar refractivity (Wildman–Crippen MR) is 71.0 cm³/mol. The van der Waals surface area contributed by atoms with Crippen molar-refractivity contribution >= 4 is 39.7 Å². The summed E-state index contributed by atoms with van der Waals surface area (Å²) in [6.07, 6.45) is 2.15. The van der Waals surface area contributed by atoms with Crippen molar-refractivity contribution in [3.63, 3.8) is 0 Å². The van der Waals surface area contributed by atoms with E-state index in [4.69, 9.17) is 4.55 Å². The molecule has 0 spiro atoms. The van der Waals surface area contributed by atoms with Gasteiger partial charge in [-0.15, -0.1) is 0 Å². The zero-order valence-corrected chi connectivity index (χ0v) is 13.5. The van der Waals surface area contributed by atoms with Crippen LogP contribution in [-0.4, -0.2) is 48.3 Å². The maximum atomic E-state index is 10.5. The predicted octanol–water partition coefficient (Wildman–Crippen LogP) is 2.13. The first-order valence-corrected chi connectivity index (χ1v) is 7.01. The summed E-state index contributed by atoms with van der Waals surface area (Å²) in [6.45, 7) is 4.10. The zero-order chi connectivity index (χ0) is 12.2. The van der Waals surface area contributed by atoms with E-state index in [0.29, 0.717) is 6.42 Å². The molecule has 0 saturated heterocycles. The first kappa shape index (κ1) is 17.1. The molecule has 1 aromatic rings. The van der Waals surface area contributed by atoms with Gasteiger partial charge in [0.05, 0.1) is 5.75 Å². The molecule has 0 atom stereocenters. The number of rotatable bonds is 5. The van der Waals surface area contributed by atoms with Gasteiger partial charge in [-0.3, -0.25) is 4.55 Å². The Balaban J connectivity index is 0.00000256. The molecule has 0 heterocycles. The van der Waals surface area contributed by atoms with E-state index >= 15 is 0 Å². The van der Waals surface area contributed by atoms with Crippen LogP contribution >= 0.6 is 0 Å². The van der Waals surface area contributed by atoms with Crippen LogP contribution in [-0.2, 0) is 16.5 Å². The molecule has 0 fully saturated rings. The molecule has 0 saturated carbocycles. The summed E-state index contributed by atoms with van der Waals surface area (Å²) < 4.78 is 29.6. The van der Waals surface area contributed by atoms with E-state index in [-0.39, 0.29) is 35.3 Å². The zero-order valence-electron chi connectivity index (χ0n) is 10.7. The number of unbranched alkanes of at least 4 members (excludes halogenated alkanes) is 1. The molecular formula is C12H18NaO3S. The molecule has 0 aliphatic heterocycles. The Kier molecular flexibility index (Phi) is 7.60. The summed E-state index contributed by atoms with van der Waals surface area (Å²) >= 11 is 0. The Labute approximate surface area is 126 Å². The van der Waals surface area contributed by atoms with E-state index < -0.39 is 10.1 Å². The van der Waals surface area contributed by atoms with E-state index in [2.05, 4.69) is 25.1 Å². The van der Waals surface area contributed by atoms with E-state index in [0.717, 1.165) is 12.8 Å². The summed E-state index contributed by atoms with van der Waals surface area (Å²) in [4.78, 5) is 0. The SMILES string of the molecule is Cc1ccc(C)c(CCCCS(=O)(=O)O)c1.[Na]. The normalized spacial score (nSPS) is 11.0. The number of benzene rings is 1. The van der Waals surface area contributed by atoms with E-state index in [1.807, 2.05) is 6.92 Å². The average Bonchev–Trinajstić information content (AvgIpc) is 2.16. The summed E-state index contributed by atoms with van der Waals surface area (Å²) in [7, 11) is -3.80. The minimum Gasteiger partial charge on any atom is -0.286 e. The van der Waals surface area contributed by atoms with Crippen LogP contribution in [0.3, 0.4) is 0 Å². The van der Waals surface area contributed by atoms with Crippen LogP contribution in [0.15, 0.2) is 18.2 Å². The van der Waals surface area contributed by atoms with Gasteiger partial charge in [0.15, 0.2) is 0 Å². The van der Waals surface area contributed by atoms with Crippen molar-refractivity contribution in [2.24, 2.45) is 0 Å². The van der Waals surface area contributed by atoms with Crippen molar-refractivity contribution in [1.82, 2.24) is 0 Å². The Morgan fingerprint density at radius 3 is 2.41 bits per heavy atom. The van der Waals surface area contributed by atoms with Gasteiger partial charge in [0.2, 0.25) is 0 Å². The van der Waals surface area contributed by atoms with Crippen LogP contribution in [0.4, 0.5) is 0 Å². The fourth-order valence-corrected chi connectivity index (χ4v) is 2.24. The molecule has 0 amide bonds. The molecule has 1 radical (unpaired) electrons. The molecular weight excluding hydrogens is 247 g/mol. The minimum absolute atomic E-state index is 0. The third kappa shape index (κ3) is 7.21. The van der Waals surface area contributed by atoms with Crippen molar-refractivity contribution < 1.29 is 13.0 Å². The topological polar surface area (TPSA) is 54.4 Å². The van der Waals surface area contributed by atoms with Crippen LogP contribution in [0, 0.1) is 13.8 Å². The number of aryl methyl sites for hydroxylation is 3. The Morgan fingerprint density at radius 2 is 1.82 bits per heavy atom. The third-order valence-corrected chi connectivity index (χ3v) is 3.41. The summed E-state index contributed by atoms with van der Waals surface area (Å²) in [5, 5.41) is 0. The monoisotopic (exact) mass is 265 g/mol. The van der Waals surface area contributed by atoms with Gasteiger partial charge in [-0.1, -0.05) is 23.8 Å². The second-order valence-electron chi connectivity index (χ2n) is 4.17. The molecule has 0 aliphatic rings. The van der Waals surface area contributed by atoms with E-state index in [9.17, 15) is 8.42 Å². The second-order valence-corrected chi connectivity index (χ2v) is 5.75. The third-order valence-electron chi connectivity index (χ3n) is 2.60. The first-order valence-electron chi connectivity index (χ1n) is 5.40. The molecule has 0 bridgehead atoms. The summed E-state index contributed by atoms with van der Waals surface area (Å²) in [5.41, 5.74) is 3.71. The largest absolute Gasteiger partial charge is 0.286 e. The Bertz CT molecular complexity index is 455. The smallest absolute Gasteiger partial charge is 0.264 e. The van der Waals surface area contributed by atoms with Crippen LogP contribution in [0.2, 0.25) is 0 Å². The Morgan fingerprint density at radius 1 is 1.18 bits per heavy atom. The number of hydrogen-bond donors (Lipinski definition) is 1. The molecule has 3 nitrogen and oxygen atoms in total. The van der Waals surface area contributed by atoms with Crippen LogP contribution in [0.25, 0.3) is 0 Å². The molecule has 91 valence electrons. The molecule has 1 N–H and O–H groups in total. The van der Waals surface area contributed by atoms with Gasteiger partial charge >= 0.3 is 0 Å². The van der Waals surface area contributed by atoms with Gasteiger partial charge in [-0.25, -0.2) is 0 Å². The standard InChI is InChI=1S/C12H18O3S.Na/c1-10-6-7-11(2)12(9-10)5-3-4-8-16(13,14)15;/h6-7,9H,3-5,8H2,1-2H3,(H,13,14,15);. The fourth-order valence-electron chi connectivity index (χ4n) is 1.67. The van der Waals surface area contributed by atoms with Crippen molar-refractivity contribution in [3.8, 4) is 0 Å². The Hall–Kier alpha value is 0.130. The van der Waals surface area contributed by atoms with E-state index in [1.165, 1.54) is 16.7 Å². The maximum Gasteiger partial charge on any atom is 0.264 e. The van der Waals surface area contributed by atoms with Gasteiger partial charge in [0, 0.05) is 29.6 Å². The maximum absolute atomic E-state index is 10.5. The molecule has 17 heavy (non-hydrogen) atoms. The summed E-state index contributed by atoms with van der Waals surface area (Å²) in [5.74, 6) is -0.141. The molecule has 1 aromatic carbocycles. The summed E-state index contributed by atoms with van der Waals surface area (Å²) in [6, 6.07) is 6.27. The van der Waals surface area contributed by atoms with Gasteiger partial charge in [0.1, 0.15) is 0 Å². The van der Waals surface area contributed by atoms with Gasteiger partial charge < -0.3 is 0 Å². The minimum atomic E-state index is -3.80. The molecule has 0 unspecified atom stereocenters. The quantitative estimate of drug-likeness (QED) is 0.504. The first-order chi connectivity index (χ1) is 7.38. The molecule has 0 aromatic heterocycles. The average molecular weight is 265 g/mol. The molecule has 1 rings (SSSR count). The van der Waals surface area contributed by atoms with Crippen molar-refractivity contribution in [2.45, 2.75) is 33.1 Å². The van der Waals surface area contributed by atoms with Gasteiger partial charge in [-0.2, -0.15) is 8.42 Å². The van der Waals surface area contributed by atoms with Crippen molar-refractivity contribution in [2.75, 3.05) is 5.75 Å².